The molecule has 0 radical (unpaired) electrons. The van der Waals surface area contributed by atoms with Gasteiger partial charge in [-0.2, -0.15) is 0 Å². The van der Waals surface area contributed by atoms with Gasteiger partial charge in [0.2, 0.25) is 0 Å². The second-order valence-corrected chi connectivity index (χ2v) is 5.34. The summed E-state index contributed by atoms with van der Waals surface area (Å²) < 4.78 is 0. The number of aliphatic hydroxyl groups is 2. The average Bonchev–Trinajstić information content (AvgIpc) is 2.39. The van der Waals surface area contributed by atoms with Gasteiger partial charge in [0, 0.05) is 43.4 Å². The lowest BCUT2D eigenvalue weighted by molar-refractivity contribution is 0.189. The van der Waals surface area contributed by atoms with Crippen LogP contribution in [-0.4, -0.2) is 54.4 Å². The molecule has 0 amide bonds. The van der Waals surface area contributed by atoms with Crippen LogP contribution in [0, 0.1) is 0 Å². The number of benzene rings is 1. The zero-order valence-electron chi connectivity index (χ0n) is 11.2. The predicted molar refractivity (Wildman–Crippen MR) is 77.8 cm³/mol. The van der Waals surface area contributed by atoms with Gasteiger partial charge in [0.1, 0.15) is 0 Å². The molecule has 5 heteroatoms. The Bertz CT molecular complexity index is 418. The van der Waals surface area contributed by atoms with Crippen LogP contribution in [-0.2, 0) is 0 Å². The van der Waals surface area contributed by atoms with Crippen molar-refractivity contribution in [3.05, 3.63) is 28.8 Å². The Kier molecular flexibility index (Phi) is 5.05. The summed E-state index contributed by atoms with van der Waals surface area (Å²) in [6, 6.07) is 5.82. The first-order valence-corrected chi connectivity index (χ1v) is 7.05. The van der Waals surface area contributed by atoms with Gasteiger partial charge in [0.25, 0.3) is 0 Å². The van der Waals surface area contributed by atoms with E-state index in [-0.39, 0.29) is 6.61 Å². The molecule has 0 aliphatic carbocycles. The summed E-state index contributed by atoms with van der Waals surface area (Å²) in [4.78, 5) is 4.54. The van der Waals surface area contributed by atoms with Gasteiger partial charge in [-0.3, -0.25) is 4.90 Å². The van der Waals surface area contributed by atoms with Crippen LogP contribution in [0.2, 0.25) is 5.02 Å². The summed E-state index contributed by atoms with van der Waals surface area (Å²) in [5.74, 6) is 0. The summed E-state index contributed by atoms with van der Waals surface area (Å²) in [5.41, 5.74) is 1.86. The number of aliphatic hydroxyl groups excluding tert-OH is 2. The lowest BCUT2D eigenvalue weighted by Gasteiger charge is -2.36. The van der Waals surface area contributed by atoms with E-state index in [1.807, 2.05) is 18.2 Å². The van der Waals surface area contributed by atoms with E-state index in [1.54, 1.807) is 6.92 Å². The molecule has 106 valence electrons. The standard InChI is InChI=1S/C14H21ClN2O2/c1-11(19)13-3-2-12(10-14(13)15)17-6-4-16(5-7-17)8-9-18/h2-3,10-11,18-19H,4-9H2,1H3. The van der Waals surface area contributed by atoms with Gasteiger partial charge >= 0.3 is 0 Å². The van der Waals surface area contributed by atoms with E-state index in [1.165, 1.54) is 0 Å². The molecule has 1 aliphatic heterocycles. The van der Waals surface area contributed by atoms with Gasteiger partial charge in [0.15, 0.2) is 0 Å². The molecule has 0 saturated carbocycles. The van der Waals surface area contributed by atoms with Crippen LogP contribution in [0.5, 0.6) is 0 Å². The quantitative estimate of drug-likeness (QED) is 0.880. The number of hydrogen-bond donors (Lipinski definition) is 2. The molecule has 1 aromatic carbocycles. The number of rotatable bonds is 4. The third-order valence-corrected chi connectivity index (χ3v) is 3.92. The third kappa shape index (κ3) is 3.60. The molecule has 2 rings (SSSR count). The van der Waals surface area contributed by atoms with Crippen LogP contribution in [0.15, 0.2) is 18.2 Å². The maximum Gasteiger partial charge on any atom is 0.0776 e. The first-order valence-electron chi connectivity index (χ1n) is 6.67. The van der Waals surface area contributed by atoms with E-state index in [0.717, 1.165) is 44.0 Å². The van der Waals surface area contributed by atoms with Crippen LogP contribution in [0.3, 0.4) is 0 Å². The molecule has 1 atom stereocenters. The first-order chi connectivity index (χ1) is 9.11. The van der Waals surface area contributed by atoms with Gasteiger partial charge in [0.05, 0.1) is 12.7 Å². The summed E-state index contributed by atoms with van der Waals surface area (Å²) in [6.45, 7) is 6.46. The zero-order chi connectivity index (χ0) is 13.8. The van der Waals surface area contributed by atoms with E-state index in [4.69, 9.17) is 16.7 Å². The lowest BCUT2D eigenvalue weighted by atomic mass is 10.1. The van der Waals surface area contributed by atoms with Crippen molar-refractivity contribution in [1.29, 1.82) is 0 Å². The Labute approximate surface area is 119 Å². The molecule has 1 fully saturated rings. The number of piperazine rings is 1. The Balaban J connectivity index is 2.02. The van der Waals surface area contributed by atoms with Crippen molar-refractivity contribution in [3.8, 4) is 0 Å². The predicted octanol–water partition coefficient (Wildman–Crippen LogP) is 1.51. The fourth-order valence-corrected chi connectivity index (χ4v) is 2.76. The van der Waals surface area contributed by atoms with E-state index < -0.39 is 6.10 Å². The smallest absolute Gasteiger partial charge is 0.0776 e. The number of β-amino-alcohol motifs (C(OH)–C–C–N with tert-alkyl or cyclic N) is 1. The monoisotopic (exact) mass is 284 g/mol. The minimum atomic E-state index is -0.539. The van der Waals surface area contributed by atoms with Gasteiger partial charge < -0.3 is 15.1 Å². The summed E-state index contributed by atoms with van der Waals surface area (Å²) >= 11 is 6.19. The Morgan fingerprint density at radius 1 is 1.26 bits per heavy atom. The highest BCUT2D eigenvalue weighted by atomic mass is 35.5. The van der Waals surface area contributed by atoms with Crippen LogP contribution >= 0.6 is 11.6 Å². The molecule has 1 saturated heterocycles. The van der Waals surface area contributed by atoms with Crippen molar-refractivity contribution in [1.82, 2.24) is 4.90 Å². The maximum atomic E-state index is 9.57. The average molecular weight is 285 g/mol. The van der Waals surface area contributed by atoms with Gasteiger partial charge in [-0.05, 0) is 24.6 Å². The SMILES string of the molecule is CC(O)c1ccc(N2CCN(CCO)CC2)cc1Cl. The normalized spacial score (nSPS) is 18.6. The lowest BCUT2D eigenvalue weighted by Crippen LogP contribution is -2.47. The molecule has 1 aromatic rings. The third-order valence-electron chi connectivity index (χ3n) is 3.59. The topological polar surface area (TPSA) is 46.9 Å². The van der Waals surface area contributed by atoms with Crippen LogP contribution < -0.4 is 4.90 Å². The maximum absolute atomic E-state index is 9.57. The molecule has 4 nitrogen and oxygen atoms in total. The Morgan fingerprint density at radius 2 is 1.95 bits per heavy atom. The van der Waals surface area contributed by atoms with E-state index in [0.29, 0.717) is 5.02 Å². The van der Waals surface area contributed by atoms with Crippen molar-refractivity contribution in [2.45, 2.75) is 13.0 Å². The Hall–Kier alpha value is -0.810. The molecule has 0 spiro atoms. The molecule has 19 heavy (non-hydrogen) atoms. The number of halogens is 1. The molecule has 0 bridgehead atoms. The highest BCUT2D eigenvalue weighted by Gasteiger charge is 2.17. The van der Waals surface area contributed by atoms with Gasteiger partial charge in [-0.1, -0.05) is 17.7 Å². The molecular weight excluding hydrogens is 264 g/mol. The largest absolute Gasteiger partial charge is 0.395 e. The highest BCUT2D eigenvalue weighted by Crippen LogP contribution is 2.28. The van der Waals surface area contributed by atoms with Crippen LogP contribution in [0.1, 0.15) is 18.6 Å². The highest BCUT2D eigenvalue weighted by molar-refractivity contribution is 6.31. The zero-order valence-corrected chi connectivity index (χ0v) is 12.0. The molecular formula is C14H21ClN2O2. The van der Waals surface area contributed by atoms with E-state index in [2.05, 4.69) is 9.80 Å². The first kappa shape index (κ1) is 14.6. The van der Waals surface area contributed by atoms with Crippen molar-refractivity contribution in [3.63, 3.8) is 0 Å². The summed E-state index contributed by atoms with van der Waals surface area (Å²) in [6.07, 6.45) is -0.539. The molecule has 1 unspecified atom stereocenters. The second kappa shape index (κ2) is 6.57. The van der Waals surface area contributed by atoms with Crippen LogP contribution in [0.25, 0.3) is 0 Å². The van der Waals surface area contributed by atoms with Gasteiger partial charge in [-0.15, -0.1) is 0 Å². The van der Waals surface area contributed by atoms with Crippen molar-refractivity contribution >= 4 is 17.3 Å². The van der Waals surface area contributed by atoms with Crippen molar-refractivity contribution in [2.75, 3.05) is 44.2 Å². The minimum absolute atomic E-state index is 0.217. The van der Waals surface area contributed by atoms with Gasteiger partial charge in [-0.25, -0.2) is 0 Å². The van der Waals surface area contributed by atoms with E-state index in [9.17, 15) is 5.11 Å². The number of anilines is 1. The minimum Gasteiger partial charge on any atom is -0.395 e. The fraction of sp³-hybridized carbons (Fsp3) is 0.571. The molecule has 0 aromatic heterocycles. The number of nitrogens with zero attached hydrogens (tertiary/aromatic N) is 2. The molecule has 1 heterocycles. The van der Waals surface area contributed by atoms with Crippen molar-refractivity contribution in [2.24, 2.45) is 0 Å². The number of hydrogen-bond acceptors (Lipinski definition) is 4. The Morgan fingerprint density at radius 3 is 2.47 bits per heavy atom. The fourth-order valence-electron chi connectivity index (χ4n) is 2.42. The molecule has 1 aliphatic rings. The van der Waals surface area contributed by atoms with Crippen molar-refractivity contribution < 1.29 is 10.2 Å². The van der Waals surface area contributed by atoms with Crippen LogP contribution in [0.4, 0.5) is 5.69 Å². The van der Waals surface area contributed by atoms with E-state index >= 15 is 0 Å². The second-order valence-electron chi connectivity index (χ2n) is 4.93. The molecule has 2 N–H and O–H groups in total. The summed E-state index contributed by atoms with van der Waals surface area (Å²) in [7, 11) is 0. The summed E-state index contributed by atoms with van der Waals surface area (Å²) in [5, 5.41) is 19.1.